The molecule has 0 spiro atoms. The monoisotopic (exact) mass is 266 g/mol. The molecule has 0 fully saturated rings. The zero-order chi connectivity index (χ0) is 13.9. The summed E-state index contributed by atoms with van der Waals surface area (Å²) in [6.07, 6.45) is 0.0849. The molecule has 1 aromatic heterocycles. The molecule has 2 unspecified atom stereocenters. The summed E-state index contributed by atoms with van der Waals surface area (Å²) in [5.74, 6) is 0.938. The lowest BCUT2D eigenvalue weighted by atomic mass is 9.94. The molecule has 0 aliphatic heterocycles. The fraction of sp³-hybridized carbons (Fsp3) is 0.222. The average molecular weight is 266 g/mol. The van der Waals surface area contributed by atoms with E-state index in [0.29, 0.717) is 18.1 Å². The van der Waals surface area contributed by atoms with Crippen molar-refractivity contribution in [1.82, 2.24) is 0 Å². The molecule has 3 rings (SSSR count). The van der Waals surface area contributed by atoms with E-state index in [9.17, 15) is 5.11 Å². The molecule has 3 aromatic rings. The van der Waals surface area contributed by atoms with Gasteiger partial charge in [-0.15, -0.1) is 0 Å². The lowest BCUT2D eigenvalue weighted by Crippen LogP contribution is -2.02. The maximum absolute atomic E-state index is 10.4. The molecule has 2 aromatic carbocycles. The van der Waals surface area contributed by atoms with Gasteiger partial charge in [0.25, 0.3) is 0 Å². The van der Waals surface area contributed by atoms with Crippen molar-refractivity contribution >= 4 is 11.0 Å². The molecule has 20 heavy (non-hydrogen) atoms. The molecule has 1 N–H and O–H groups in total. The summed E-state index contributed by atoms with van der Waals surface area (Å²) in [5.41, 5.74) is 2.07. The third-order valence-corrected chi connectivity index (χ3v) is 3.72. The SMILES string of the molecule is CC(CC(O)c1cc2ccccc2o1)c1ccccc1. The molecular weight excluding hydrogens is 248 g/mol. The molecule has 0 bridgehead atoms. The van der Waals surface area contributed by atoms with E-state index in [-0.39, 0.29) is 0 Å². The Morgan fingerprint density at radius 1 is 1.00 bits per heavy atom. The summed E-state index contributed by atoms with van der Waals surface area (Å²) in [5, 5.41) is 11.4. The Balaban J connectivity index is 1.77. The first-order chi connectivity index (χ1) is 9.74. The van der Waals surface area contributed by atoms with Gasteiger partial charge >= 0.3 is 0 Å². The zero-order valence-electron chi connectivity index (χ0n) is 11.5. The van der Waals surface area contributed by atoms with E-state index < -0.39 is 6.10 Å². The van der Waals surface area contributed by atoms with Crippen LogP contribution in [0.1, 0.15) is 36.7 Å². The Morgan fingerprint density at radius 2 is 1.70 bits per heavy atom. The second-order valence-electron chi connectivity index (χ2n) is 5.25. The Labute approximate surface area is 118 Å². The van der Waals surface area contributed by atoms with Gasteiger partial charge in [0.15, 0.2) is 0 Å². The van der Waals surface area contributed by atoms with E-state index in [1.165, 1.54) is 5.56 Å². The van der Waals surface area contributed by atoms with Gasteiger partial charge in [-0.25, -0.2) is 0 Å². The van der Waals surface area contributed by atoms with Gasteiger partial charge in [-0.05, 0) is 30.0 Å². The van der Waals surface area contributed by atoms with Crippen molar-refractivity contribution in [3.63, 3.8) is 0 Å². The quantitative estimate of drug-likeness (QED) is 0.745. The summed E-state index contributed by atoms with van der Waals surface area (Å²) >= 11 is 0. The minimum atomic E-state index is -0.572. The normalized spacial score (nSPS) is 14.3. The van der Waals surface area contributed by atoms with Crippen LogP contribution in [0.25, 0.3) is 11.0 Å². The van der Waals surface area contributed by atoms with Gasteiger partial charge in [0.05, 0.1) is 0 Å². The molecule has 0 aliphatic rings. The van der Waals surface area contributed by atoms with Crippen LogP contribution in [0.15, 0.2) is 65.1 Å². The Kier molecular flexibility index (Phi) is 3.57. The number of benzene rings is 2. The predicted molar refractivity (Wildman–Crippen MR) is 80.6 cm³/mol. The van der Waals surface area contributed by atoms with Crippen LogP contribution in [0.3, 0.4) is 0 Å². The number of furan rings is 1. The van der Waals surface area contributed by atoms with Crippen LogP contribution in [0.5, 0.6) is 0 Å². The van der Waals surface area contributed by atoms with Crippen LogP contribution in [0, 0.1) is 0 Å². The average Bonchev–Trinajstić information content (AvgIpc) is 2.92. The predicted octanol–water partition coefficient (Wildman–Crippen LogP) is 4.66. The molecule has 2 heteroatoms. The highest BCUT2D eigenvalue weighted by Gasteiger charge is 2.17. The van der Waals surface area contributed by atoms with E-state index in [2.05, 4.69) is 19.1 Å². The number of fused-ring (bicyclic) bond motifs is 1. The molecular formula is C18H18O2. The van der Waals surface area contributed by atoms with Crippen LogP contribution >= 0.6 is 0 Å². The molecule has 2 nitrogen and oxygen atoms in total. The zero-order valence-corrected chi connectivity index (χ0v) is 11.5. The molecule has 0 radical (unpaired) electrons. The number of aliphatic hydroxyl groups is 1. The van der Waals surface area contributed by atoms with Gasteiger partial charge in [0.1, 0.15) is 17.4 Å². The maximum Gasteiger partial charge on any atom is 0.134 e. The van der Waals surface area contributed by atoms with Crippen molar-refractivity contribution in [2.75, 3.05) is 0 Å². The van der Waals surface area contributed by atoms with Crippen LogP contribution in [0.2, 0.25) is 0 Å². The lowest BCUT2D eigenvalue weighted by molar-refractivity contribution is 0.135. The highest BCUT2D eigenvalue weighted by Crippen LogP contribution is 2.31. The second-order valence-corrected chi connectivity index (χ2v) is 5.25. The fourth-order valence-electron chi connectivity index (χ4n) is 2.54. The van der Waals surface area contributed by atoms with Crippen molar-refractivity contribution in [3.05, 3.63) is 72.0 Å². The van der Waals surface area contributed by atoms with Gasteiger partial charge in [-0.1, -0.05) is 55.5 Å². The summed E-state index contributed by atoms with van der Waals surface area (Å²) in [6.45, 7) is 2.13. The molecule has 0 saturated heterocycles. The van der Waals surface area contributed by atoms with Gasteiger partial charge in [0.2, 0.25) is 0 Å². The first-order valence-electron chi connectivity index (χ1n) is 6.95. The molecule has 0 saturated carbocycles. The van der Waals surface area contributed by atoms with E-state index >= 15 is 0 Å². The smallest absolute Gasteiger partial charge is 0.134 e. The first-order valence-corrected chi connectivity index (χ1v) is 6.95. The van der Waals surface area contributed by atoms with E-state index in [1.54, 1.807) is 0 Å². The van der Waals surface area contributed by atoms with Crippen LogP contribution in [-0.4, -0.2) is 5.11 Å². The molecule has 102 valence electrons. The fourth-order valence-corrected chi connectivity index (χ4v) is 2.54. The summed E-state index contributed by atoms with van der Waals surface area (Å²) in [4.78, 5) is 0. The first kappa shape index (κ1) is 12.9. The summed E-state index contributed by atoms with van der Waals surface area (Å²) in [7, 11) is 0. The molecule has 2 atom stereocenters. The third kappa shape index (κ3) is 2.61. The Hall–Kier alpha value is -2.06. The largest absolute Gasteiger partial charge is 0.458 e. The van der Waals surface area contributed by atoms with E-state index in [1.807, 2.05) is 48.5 Å². The topological polar surface area (TPSA) is 33.4 Å². The van der Waals surface area contributed by atoms with Gasteiger partial charge in [-0.3, -0.25) is 0 Å². The van der Waals surface area contributed by atoms with E-state index in [4.69, 9.17) is 4.42 Å². The summed E-state index contributed by atoms with van der Waals surface area (Å²) < 4.78 is 5.72. The number of aliphatic hydroxyl groups excluding tert-OH is 1. The number of hydrogen-bond acceptors (Lipinski definition) is 2. The lowest BCUT2D eigenvalue weighted by Gasteiger charge is -2.15. The van der Waals surface area contributed by atoms with Crippen LogP contribution < -0.4 is 0 Å². The van der Waals surface area contributed by atoms with Crippen molar-refractivity contribution in [2.45, 2.75) is 25.4 Å². The van der Waals surface area contributed by atoms with Gasteiger partial charge < -0.3 is 9.52 Å². The maximum atomic E-state index is 10.4. The molecule has 0 amide bonds. The van der Waals surface area contributed by atoms with Crippen molar-refractivity contribution in [3.8, 4) is 0 Å². The Morgan fingerprint density at radius 3 is 2.45 bits per heavy atom. The van der Waals surface area contributed by atoms with E-state index in [0.717, 1.165) is 11.0 Å². The number of para-hydroxylation sites is 1. The third-order valence-electron chi connectivity index (χ3n) is 3.72. The number of hydrogen-bond donors (Lipinski definition) is 1. The van der Waals surface area contributed by atoms with Crippen LogP contribution in [-0.2, 0) is 0 Å². The highest BCUT2D eigenvalue weighted by molar-refractivity contribution is 5.77. The summed E-state index contributed by atoms with van der Waals surface area (Å²) in [6, 6.07) is 20.0. The molecule has 0 aliphatic carbocycles. The highest BCUT2D eigenvalue weighted by atomic mass is 16.4. The van der Waals surface area contributed by atoms with Crippen molar-refractivity contribution in [2.24, 2.45) is 0 Å². The minimum Gasteiger partial charge on any atom is -0.458 e. The van der Waals surface area contributed by atoms with Crippen molar-refractivity contribution < 1.29 is 9.52 Å². The van der Waals surface area contributed by atoms with Gasteiger partial charge in [0, 0.05) is 5.39 Å². The van der Waals surface area contributed by atoms with Crippen LogP contribution in [0.4, 0.5) is 0 Å². The molecule has 1 heterocycles. The standard InChI is InChI=1S/C18H18O2/c1-13(14-7-3-2-4-8-14)11-16(19)18-12-15-9-5-6-10-17(15)20-18/h2-10,12-13,16,19H,11H2,1H3. The van der Waals surface area contributed by atoms with Crippen molar-refractivity contribution in [1.29, 1.82) is 0 Å². The Bertz CT molecular complexity index is 652. The second kappa shape index (κ2) is 5.51. The minimum absolute atomic E-state index is 0.291. The van der Waals surface area contributed by atoms with Gasteiger partial charge in [-0.2, -0.15) is 0 Å². The number of rotatable bonds is 4.